The van der Waals surface area contributed by atoms with Crippen molar-refractivity contribution in [2.24, 2.45) is 0 Å². The number of carboxylic acids is 1. The molecule has 1 aromatic carbocycles. The summed E-state index contributed by atoms with van der Waals surface area (Å²) in [6.07, 6.45) is 1.36. The molecule has 20 heavy (non-hydrogen) atoms. The molecule has 6 nitrogen and oxygen atoms in total. The van der Waals surface area contributed by atoms with Crippen molar-refractivity contribution >= 4 is 5.97 Å². The highest BCUT2D eigenvalue weighted by Crippen LogP contribution is 2.31. The Morgan fingerprint density at radius 2 is 2.10 bits per heavy atom. The Kier molecular flexibility index (Phi) is 3.82. The molecule has 0 aliphatic carbocycles. The Morgan fingerprint density at radius 3 is 2.65 bits per heavy atom. The van der Waals surface area contributed by atoms with E-state index < -0.39 is 5.97 Å². The Hall–Kier alpha value is -3.07. The molecule has 100 valence electrons. The van der Waals surface area contributed by atoms with Crippen molar-refractivity contribution in [1.29, 1.82) is 5.26 Å². The molecule has 2 aromatic rings. The molecule has 6 heteroatoms. The van der Waals surface area contributed by atoms with Crippen LogP contribution in [0.3, 0.4) is 0 Å². The van der Waals surface area contributed by atoms with Gasteiger partial charge in [-0.05, 0) is 24.3 Å². The zero-order valence-corrected chi connectivity index (χ0v) is 10.5. The molecule has 0 spiro atoms. The number of rotatable bonds is 4. The number of pyridine rings is 1. The van der Waals surface area contributed by atoms with Gasteiger partial charge >= 0.3 is 5.97 Å². The maximum absolute atomic E-state index is 10.9. The molecule has 1 aromatic heterocycles. The van der Waals surface area contributed by atoms with Crippen LogP contribution >= 0.6 is 0 Å². The number of nitriles is 1. The molecule has 0 aliphatic rings. The maximum Gasteiger partial charge on any atom is 0.335 e. The summed E-state index contributed by atoms with van der Waals surface area (Å²) >= 11 is 0. The number of benzene rings is 1. The van der Waals surface area contributed by atoms with Gasteiger partial charge in [-0.25, -0.2) is 9.78 Å². The first-order valence-corrected chi connectivity index (χ1v) is 5.59. The highest BCUT2D eigenvalue weighted by molar-refractivity contribution is 5.88. The van der Waals surface area contributed by atoms with Gasteiger partial charge in [-0.15, -0.1) is 0 Å². The number of nitrogens with zero attached hydrogens (tertiary/aromatic N) is 2. The van der Waals surface area contributed by atoms with Crippen molar-refractivity contribution in [2.75, 3.05) is 7.11 Å². The SMILES string of the molecule is COc1ccc(C(=O)O)cc1Oc1ccc(C#N)cn1. The van der Waals surface area contributed by atoms with E-state index in [9.17, 15) is 4.79 Å². The fraction of sp³-hybridized carbons (Fsp3) is 0.0714. The number of carboxylic acid groups (broad SMARTS) is 1. The lowest BCUT2D eigenvalue weighted by Gasteiger charge is -2.10. The van der Waals surface area contributed by atoms with Crippen LogP contribution in [0.5, 0.6) is 17.4 Å². The minimum Gasteiger partial charge on any atom is -0.493 e. The van der Waals surface area contributed by atoms with Crippen LogP contribution in [-0.4, -0.2) is 23.2 Å². The third-order valence-corrected chi connectivity index (χ3v) is 2.49. The van der Waals surface area contributed by atoms with E-state index in [4.69, 9.17) is 19.8 Å². The second-order valence-electron chi connectivity index (χ2n) is 3.77. The molecule has 0 bridgehead atoms. The van der Waals surface area contributed by atoms with Gasteiger partial charge in [0.15, 0.2) is 11.5 Å². The molecule has 0 fully saturated rings. The first-order valence-electron chi connectivity index (χ1n) is 5.59. The second kappa shape index (κ2) is 5.71. The van der Waals surface area contributed by atoms with Crippen molar-refractivity contribution in [3.63, 3.8) is 0 Å². The predicted molar refractivity (Wildman–Crippen MR) is 69.0 cm³/mol. The van der Waals surface area contributed by atoms with E-state index >= 15 is 0 Å². The lowest BCUT2D eigenvalue weighted by atomic mass is 10.2. The molecule has 1 N–H and O–H groups in total. The van der Waals surface area contributed by atoms with Crippen molar-refractivity contribution in [2.45, 2.75) is 0 Å². The summed E-state index contributed by atoms with van der Waals surface area (Å²) in [7, 11) is 1.45. The number of hydrogen-bond acceptors (Lipinski definition) is 5. The smallest absolute Gasteiger partial charge is 0.335 e. The summed E-state index contributed by atoms with van der Waals surface area (Å²) in [5.41, 5.74) is 0.484. The summed E-state index contributed by atoms with van der Waals surface area (Å²) in [6.45, 7) is 0. The molecule has 0 radical (unpaired) electrons. The van der Waals surface area contributed by atoms with Crippen LogP contribution in [0.4, 0.5) is 0 Å². The topological polar surface area (TPSA) is 92.4 Å². The highest BCUT2D eigenvalue weighted by atomic mass is 16.5. The van der Waals surface area contributed by atoms with Gasteiger partial charge in [0.1, 0.15) is 6.07 Å². The lowest BCUT2D eigenvalue weighted by Crippen LogP contribution is -1.98. The Labute approximate surface area is 114 Å². The van der Waals surface area contributed by atoms with Crippen molar-refractivity contribution < 1.29 is 19.4 Å². The highest BCUT2D eigenvalue weighted by Gasteiger charge is 2.11. The van der Waals surface area contributed by atoms with Gasteiger partial charge in [-0.1, -0.05) is 0 Å². The third kappa shape index (κ3) is 2.84. The van der Waals surface area contributed by atoms with Crippen LogP contribution in [0.1, 0.15) is 15.9 Å². The molecular formula is C14H10N2O4. The average Bonchev–Trinajstić information content (AvgIpc) is 2.48. The fourth-order valence-corrected chi connectivity index (χ4v) is 1.51. The van der Waals surface area contributed by atoms with Gasteiger partial charge in [0.2, 0.25) is 5.88 Å². The standard InChI is InChI=1S/C14H10N2O4/c1-19-11-4-3-10(14(17)18)6-12(11)20-13-5-2-9(7-15)8-16-13/h2-6,8H,1H3,(H,17,18). The molecule has 0 unspecified atom stereocenters. The van der Waals surface area contributed by atoms with Gasteiger partial charge < -0.3 is 14.6 Å². The maximum atomic E-state index is 10.9. The third-order valence-electron chi connectivity index (χ3n) is 2.49. The molecule has 0 atom stereocenters. The van der Waals surface area contributed by atoms with Crippen LogP contribution in [0.2, 0.25) is 0 Å². The zero-order chi connectivity index (χ0) is 14.5. The van der Waals surface area contributed by atoms with Crippen molar-refractivity contribution in [3.05, 3.63) is 47.7 Å². The number of methoxy groups -OCH3 is 1. The second-order valence-corrected chi connectivity index (χ2v) is 3.77. The number of aromatic nitrogens is 1. The van der Waals surface area contributed by atoms with Crippen LogP contribution in [-0.2, 0) is 0 Å². The average molecular weight is 270 g/mol. The van der Waals surface area contributed by atoms with Crippen molar-refractivity contribution in [1.82, 2.24) is 4.98 Å². The number of hydrogen-bond donors (Lipinski definition) is 1. The first kappa shape index (κ1) is 13.4. The zero-order valence-electron chi connectivity index (χ0n) is 10.5. The summed E-state index contributed by atoms with van der Waals surface area (Å²) in [5.74, 6) is -0.194. The van der Waals surface area contributed by atoms with Crippen LogP contribution in [0, 0.1) is 11.3 Å². The summed E-state index contributed by atoms with van der Waals surface area (Å²) in [5, 5.41) is 17.6. The summed E-state index contributed by atoms with van der Waals surface area (Å²) in [6, 6.07) is 9.28. The van der Waals surface area contributed by atoms with Gasteiger partial charge in [-0.3, -0.25) is 0 Å². The van der Waals surface area contributed by atoms with E-state index in [-0.39, 0.29) is 17.2 Å². The lowest BCUT2D eigenvalue weighted by molar-refractivity contribution is 0.0696. The molecule has 1 heterocycles. The fourth-order valence-electron chi connectivity index (χ4n) is 1.51. The van der Waals surface area contributed by atoms with E-state index in [1.807, 2.05) is 6.07 Å². The van der Waals surface area contributed by atoms with Gasteiger partial charge in [0.25, 0.3) is 0 Å². The Balaban J connectivity index is 2.33. The van der Waals surface area contributed by atoms with Crippen LogP contribution < -0.4 is 9.47 Å². The largest absolute Gasteiger partial charge is 0.493 e. The molecule has 0 saturated heterocycles. The van der Waals surface area contributed by atoms with Crippen molar-refractivity contribution in [3.8, 4) is 23.4 Å². The first-order chi connectivity index (χ1) is 9.63. The monoisotopic (exact) mass is 270 g/mol. The molecule has 0 aliphatic heterocycles. The van der Waals surface area contributed by atoms with E-state index in [0.717, 1.165) is 0 Å². The predicted octanol–water partition coefficient (Wildman–Crippen LogP) is 2.45. The minimum absolute atomic E-state index is 0.0782. The number of ether oxygens (including phenoxy) is 2. The van der Waals surface area contributed by atoms with E-state index in [1.165, 1.54) is 37.6 Å². The summed E-state index contributed by atoms with van der Waals surface area (Å²) in [4.78, 5) is 14.9. The number of carbonyl (C=O) groups is 1. The van der Waals surface area contributed by atoms with Crippen LogP contribution in [0.15, 0.2) is 36.5 Å². The Morgan fingerprint density at radius 1 is 1.30 bits per heavy atom. The molecular weight excluding hydrogens is 260 g/mol. The van der Waals surface area contributed by atoms with E-state index in [2.05, 4.69) is 4.98 Å². The number of aromatic carboxylic acids is 1. The van der Waals surface area contributed by atoms with E-state index in [1.54, 1.807) is 6.07 Å². The molecule has 0 amide bonds. The van der Waals surface area contributed by atoms with Gasteiger partial charge in [0.05, 0.1) is 18.2 Å². The minimum atomic E-state index is -1.06. The molecule has 0 saturated carbocycles. The Bertz CT molecular complexity index is 675. The summed E-state index contributed by atoms with van der Waals surface area (Å²) < 4.78 is 10.6. The quantitative estimate of drug-likeness (QED) is 0.917. The van der Waals surface area contributed by atoms with Crippen LogP contribution in [0.25, 0.3) is 0 Å². The van der Waals surface area contributed by atoms with Gasteiger partial charge in [0, 0.05) is 12.3 Å². The van der Waals surface area contributed by atoms with E-state index in [0.29, 0.717) is 11.3 Å². The molecule has 2 rings (SSSR count). The van der Waals surface area contributed by atoms with Gasteiger partial charge in [-0.2, -0.15) is 5.26 Å². The normalized spacial score (nSPS) is 9.60.